The molecule has 0 saturated heterocycles. The van der Waals surface area contributed by atoms with Crippen molar-refractivity contribution in [2.24, 2.45) is 11.8 Å². The van der Waals surface area contributed by atoms with E-state index in [1.54, 1.807) is 6.07 Å². The molecular formula is C18H25FO4. The van der Waals surface area contributed by atoms with Crippen LogP contribution in [0.3, 0.4) is 0 Å². The summed E-state index contributed by atoms with van der Waals surface area (Å²) in [4.78, 5) is 11.0. The molecule has 1 aliphatic carbocycles. The molecule has 0 aliphatic heterocycles. The third-order valence-electron chi connectivity index (χ3n) is 4.42. The molecule has 23 heavy (non-hydrogen) atoms. The second kappa shape index (κ2) is 7.66. The molecule has 4 nitrogen and oxygen atoms in total. The third-order valence-corrected chi connectivity index (χ3v) is 4.42. The van der Waals surface area contributed by atoms with Gasteiger partial charge in [-0.05, 0) is 56.6 Å². The molecule has 0 radical (unpaired) electrons. The molecule has 0 bridgehead atoms. The summed E-state index contributed by atoms with van der Waals surface area (Å²) in [6.45, 7) is 6.64. The van der Waals surface area contributed by atoms with Gasteiger partial charge in [0.25, 0.3) is 0 Å². The molecule has 0 aromatic heterocycles. The van der Waals surface area contributed by atoms with Crippen molar-refractivity contribution in [3.05, 3.63) is 23.5 Å². The summed E-state index contributed by atoms with van der Waals surface area (Å²) in [6, 6.07) is 3.10. The van der Waals surface area contributed by atoms with E-state index in [4.69, 9.17) is 14.6 Å². The number of carboxylic acids is 1. The summed E-state index contributed by atoms with van der Waals surface area (Å²) < 4.78 is 25.5. The highest BCUT2D eigenvalue weighted by Crippen LogP contribution is 2.47. The number of hydrogen-bond acceptors (Lipinski definition) is 3. The SMILES string of the molecule is CCOc1cc(F)c(C(CC)CC2CC2C(=O)O)cc1OCC. The summed E-state index contributed by atoms with van der Waals surface area (Å²) in [5, 5.41) is 9.03. The molecule has 1 aromatic carbocycles. The number of rotatable bonds is 9. The summed E-state index contributed by atoms with van der Waals surface area (Å²) in [5.41, 5.74) is 0.593. The van der Waals surface area contributed by atoms with E-state index in [9.17, 15) is 9.18 Å². The molecular weight excluding hydrogens is 299 g/mol. The smallest absolute Gasteiger partial charge is 0.306 e. The van der Waals surface area contributed by atoms with Crippen LogP contribution in [0.4, 0.5) is 4.39 Å². The molecule has 1 fully saturated rings. The number of hydrogen-bond donors (Lipinski definition) is 1. The van der Waals surface area contributed by atoms with E-state index in [0.29, 0.717) is 43.1 Å². The maximum absolute atomic E-state index is 14.5. The lowest BCUT2D eigenvalue weighted by Crippen LogP contribution is -2.07. The van der Waals surface area contributed by atoms with Gasteiger partial charge in [-0.2, -0.15) is 0 Å². The summed E-state index contributed by atoms with van der Waals surface area (Å²) in [5.74, 6) is -0.197. The van der Waals surface area contributed by atoms with E-state index in [1.807, 2.05) is 20.8 Å². The fourth-order valence-corrected chi connectivity index (χ4v) is 3.09. The first kappa shape index (κ1) is 17.6. The van der Waals surface area contributed by atoms with Gasteiger partial charge >= 0.3 is 5.97 Å². The van der Waals surface area contributed by atoms with Crippen molar-refractivity contribution in [1.29, 1.82) is 0 Å². The summed E-state index contributed by atoms with van der Waals surface area (Å²) in [6.07, 6.45) is 2.16. The maximum atomic E-state index is 14.5. The first-order chi connectivity index (χ1) is 11.0. The molecule has 3 unspecified atom stereocenters. The minimum Gasteiger partial charge on any atom is -0.490 e. The standard InChI is InChI=1S/C18H25FO4/c1-4-11(7-12-8-14(12)18(20)21)13-9-16(22-5-2)17(23-6-3)10-15(13)19/h9-12,14H,4-8H2,1-3H3,(H,20,21). The van der Waals surface area contributed by atoms with E-state index < -0.39 is 5.97 Å². The van der Waals surface area contributed by atoms with Crippen molar-refractivity contribution in [3.63, 3.8) is 0 Å². The normalized spacial score (nSPS) is 20.9. The van der Waals surface area contributed by atoms with E-state index in [-0.39, 0.29) is 23.6 Å². The zero-order valence-electron chi connectivity index (χ0n) is 14.0. The van der Waals surface area contributed by atoms with Crippen LogP contribution in [-0.4, -0.2) is 24.3 Å². The molecule has 128 valence electrons. The van der Waals surface area contributed by atoms with Gasteiger partial charge in [-0.25, -0.2) is 4.39 Å². The Morgan fingerprint density at radius 2 is 1.87 bits per heavy atom. The number of carboxylic acid groups (broad SMARTS) is 1. The Morgan fingerprint density at radius 3 is 2.35 bits per heavy atom. The van der Waals surface area contributed by atoms with Gasteiger partial charge in [-0.15, -0.1) is 0 Å². The third kappa shape index (κ3) is 4.15. The molecule has 3 atom stereocenters. The molecule has 5 heteroatoms. The van der Waals surface area contributed by atoms with Crippen molar-refractivity contribution in [3.8, 4) is 11.5 Å². The van der Waals surface area contributed by atoms with Crippen molar-refractivity contribution in [1.82, 2.24) is 0 Å². The molecule has 0 heterocycles. The Hall–Kier alpha value is -1.78. The molecule has 1 aromatic rings. The predicted molar refractivity (Wildman–Crippen MR) is 85.6 cm³/mol. The highest BCUT2D eigenvalue weighted by Gasteiger charge is 2.44. The maximum Gasteiger partial charge on any atom is 0.306 e. The topological polar surface area (TPSA) is 55.8 Å². The highest BCUT2D eigenvalue weighted by atomic mass is 19.1. The van der Waals surface area contributed by atoms with Crippen LogP contribution in [-0.2, 0) is 4.79 Å². The van der Waals surface area contributed by atoms with Crippen LogP contribution in [0.1, 0.15) is 51.5 Å². The Labute approximate surface area is 136 Å². The largest absolute Gasteiger partial charge is 0.490 e. The van der Waals surface area contributed by atoms with Gasteiger partial charge in [0.05, 0.1) is 19.1 Å². The van der Waals surface area contributed by atoms with Crippen LogP contribution in [0.2, 0.25) is 0 Å². The molecule has 0 spiro atoms. The average Bonchev–Trinajstić information content (AvgIpc) is 3.28. The van der Waals surface area contributed by atoms with Crippen molar-refractivity contribution in [2.75, 3.05) is 13.2 Å². The Kier molecular flexibility index (Phi) is 5.85. The highest BCUT2D eigenvalue weighted by molar-refractivity contribution is 5.73. The predicted octanol–water partition coefficient (Wildman–Crippen LogP) is 4.23. The zero-order valence-corrected chi connectivity index (χ0v) is 14.0. The lowest BCUT2D eigenvalue weighted by atomic mass is 9.90. The van der Waals surface area contributed by atoms with Crippen molar-refractivity contribution >= 4 is 5.97 Å². The number of carbonyl (C=O) groups is 1. The van der Waals surface area contributed by atoms with Gasteiger partial charge in [0, 0.05) is 6.07 Å². The van der Waals surface area contributed by atoms with Crippen LogP contribution < -0.4 is 9.47 Å². The zero-order chi connectivity index (χ0) is 17.0. The van der Waals surface area contributed by atoms with Crippen molar-refractivity contribution < 1.29 is 23.8 Å². The van der Waals surface area contributed by atoms with Crippen LogP contribution in [0.25, 0.3) is 0 Å². The van der Waals surface area contributed by atoms with Gasteiger partial charge in [0.2, 0.25) is 0 Å². The van der Waals surface area contributed by atoms with Crippen LogP contribution in [0.5, 0.6) is 11.5 Å². The van der Waals surface area contributed by atoms with Gasteiger partial charge < -0.3 is 14.6 Å². The lowest BCUT2D eigenvalue weighted by Gasteiger charge is -2.19. The minimum atomic E-state index is -0.743. The van der Waals surface area contributed by atoms with Crippen LogP contribution >= 0.6 is 0 Å². The monoisotopic (exact) mass is 324 g/mol. The number of ether oxygens (including phenoxy) is 2. The molecule has 2 rings (SSSR count). The average molecular weight is 324 g/mol. The lowest BCUT2D eigenvalue weighted by molar-refractivity contribution is -0.138. The van der Waals surface area contributed by atoms with Gasteiger partial charge in [0.15, 0.2) is 11.5 Å². The van der Waals surface area contributed by atoms with E-state index >= 15 is 0 Å². The second-order valence-electron chi connectivity index (χ2n) is 5.97. The van der Waals surface area contributed by atoms with Gasteiger partial charge in [-0.1, -0.05) is 6.92 Å². The summed E-state index contributed by atoms with van der Waals surface area (Å²) >= 11 is 0. The fraction of sp³-hybridized carbons (Fsp3) is 0.611. The van der Waals surface area contributed by atoms with E-state index in [0.717, 1.165) is 6.42 Å². The van der Waals surface area contributed by atoms with Gasteiger partial charge in [-0.3, -0.25) is 4.79 Å². The molecule has 1 saturated carbocycles. The summed E-state index contributed by atoms with van der Waals surface area (Å²) in [7, 11) is 0. The van der Waals surface area contributed by atoms with Gasteiger partial charge in [0.1, 0.15) is 5.82 Å². The second-order valence-corrected chi connectivity index (χ2v) is 5.97. The number of halogens is 1. The first-order valence-electron chi connectivity index (χ1n) is 8.33. The van der Waals surface area contributed by atoms with Crippen molar-refractivity contribution in [2.45, 2.75) is 46.0 Å². The van der Waals surface area contributed by atoms with Crippen LogP contribution in [0.15, 0.2) is 12.1 Å². The Balaban J connectivity index is 2.21. The Bertz CT molecular complexity index is 558. The van der Waals surface area contributed by atoms with Crippen LogP contribution in [0, 0.1) is 17.7 Å². The fourth-order valence-electron chi connectivity index (χ4n) is 3.09. The minimum absolute atomic E-state index is 0.000711. The Morgan fingerprint density at radius 1 is 1.26 bits per heavy atom. The first-order valence-corrected chi connectivity index (χ1v) is 8.33. The number of aliphatic carboxylic acids is 1. The molecule has 1 aliphatic rings. The van der Waals surface area contributed by atoms with E-state index in [2.05, 4.69) is 0 Å². The molecule has 0 amide bonds. The van der Waals surface area contributed by atoms with E-state index in [1.165, 1.54) is 6.07 Å². The molecule has 1 N–H and O–H groups in total. The quantitative estimate of drug-likeness (QED) is 0.738. The number of benzene rings is 1.